The zero-order valence-electron chi connectivity index (χ0n) is 50.5. The number of aromatic nitrogens is 4. The maximum atomic E-state index is 14.5. The number of halogens is 7. The van der Waals surface area contributed by atoms with Gasteiger partial charge in [-0.1, -0.05) is 60.1 Å². The predicted octanol–water partition coefficient (Wildman–Crippen LogP) is 11.3. The molecule has 0 radical (unpaired) electrons. The molecule has 4 aromatic carbocycles. The molecule has 1 saturated heterocycles. The van der Waals surface area contributed by atoms with E-state index in [1.165, 1.54) is 65.5 Å². The Morgan fingerprint density at radius 1 is 0.593 bits per heavy atom. The smallest absolute Gasteiger partial charge is 0.493 e. The van der Waals surface area contributed by atoms with E-state index in [1.54, 1.807) is 111 Å². The van der Waals surface area contributed by atoms with Gasteiger partial charge >= 0.3 is 31.4 Å². The summed E-state index contributed by atoms with van der Waals surface area (Å²) in [5.41, 5.74) is -10.1. The van der Waals surface area contributed by atoms with Gasteiger partial charge in [-0.15, -0.1) is 0 Å². The Morgan fingerprint density at radius 3 is 1.44 bits per heavy atom. The van der Waals surface area contributed by atoms with Crippen LogP contribution in [0.2, 0.25) is 5.02 Å². The average Bonchev–Trinajstić information content (AvgIpc) is 1.56. The van der Waals surface area contributed by atoms with Crippen molar-refractivity contribution in [2.45, 2.75) is 167 Å². The Morgan fingerprint density at radius 2 is 1.00 bits per heavy atom. The van der Waals surface area contributed by atoms with Crippen LogP contribution >= 0.6 is 11.6 Å². The van der Waals surface area contributed by atoms with Gasteiger partial charge in [0, 0.05) is 70.3 Å². The monoisotopic (exact) mass is 1230 g/mol. The quantitative estimate of drug-likeness (QED) is 0.0404. The number of hydrogen-bond donors (Lipinski definition) is 4. The minimum atomic E-state index is -5.02. The lowest BCUT2D eigenvalue weighted by Gasteiger charge is -2.32. The summed E-state index contributed by atoms with van der Waals surface area (Å²) in [4.78, 5) is 24.6. The van der Waals surface area contributed by atoms with Gasteiger partial charge in [-0.3, -0.25) is 9.36 Å². The first-order valence-electron chi connectivity index (χ1n) is 27.9. The van der Waals surface area contributed by atoms with Crippen molar-refractivity contribution < 1.29 is 84.6 Å². The summed E-state index contributed by atoms with van der Waals surface area (Å²) in [5.74, 6) is -0.636. The molecule has 24 heteroatoms. The highest BCUT2D eigenvalue weighted by Crippen LogP contribution is 2.59. The second-order valence-electron chi connectivity index (χ2n) is 24.6. The molecule has 16 nitrogen and oxygen atoms in total. The highest BCUT2D eigenvalue weighted by atomic mass is 35.5. The summed E-state index contributed by atoms with van der Waals surface area (Å²) in [6.07, 6.45) is -2.98. The van der Waals surface area contributed by atoms with Crippen molar-refractivity contribution in [2.75, 3.05) is 26.4 Å². The van der Waals surface area contributed by atoms with E-state index in [4.69, 9.17) is 39.9 Å². The number of aliphatic hydroxyl groups is 4. The molecule has 0 amide bonds. The number of fused-ring (bicyclic) bond motifs is 6. The summed E-state index contributed by atoms with van der Waals surface area (Å²) in [6, 6.07) is 17.0. The zero-order valence-corrected chi connectivity index (χ0v) is 51.3. The van der Waals surface area contributed by atoms with Gasteiger partial charge < -0.3 is 48.7 Å². The van der Waals surface area contributed by atoms with Crippen molar-refractivity contribution in [2.24, 2.45) is 0 Å². The number of benzene rings is 4. The number of hydrogen-bond acceptors (Lipinski definition) is 14. The van der Waals surface area contributed by atoms with Crippen molar-refractivity contribution in [1.29, 1.82) is 0 Å². The van der Waals surface area contributed by atoms with Crippen LogP contribution < -0.4 is 14.9 Å². The van der Waals surface area contributed by atoms with Crippen LogP contribution in [-0.2, 0) is 50.7 Å². The first-order chi connectivity index (χ1) is 39.6. The van der Waals surface area contributed by atoms with Crippen molar-refractivity contribution in [3.8, 4) is 44.9 Å². The van der Waals surface area contributed by atoms with E-state index in [9.17, 15) is 56.4 Å². The largest absolute Gasteiger partial charge is 0.498 e. The summed E-state index contributed by atoms with van der Waals surface area (Å²) in [6.45, 7) is 25.3. The van der Waals surface area contributed by atoms with Gasteiger partial charge in [-0.05, 0) is 143 Å². The van der Waals surface area contributed by atoms with E-state index in [0.29, 0.717) is 17.7 Å². The van der Waals surface area contributed by atoms with Crippen LogP contribution in [0.3, 0.4) is 0 Å². The number of carbonyl (C=O) groups excluding carboxylic acids is 2. The molecule has 2 aromatic heterocycles. The zero-order chi connectivity index (χ0) is 64.2. The maximum Gasteiger partial charge on any atom is 0.498 e. The highest BCUT2D eigenvalue weighted by Gasteiger charge is 2.63. The highest BCUT2D eigenvalue weighted by molar-refractivity contribution is 6.62. The molecule has 6 aromatic rings. The van der Waals surface area contributed by atoms with Crippen LogP contribution in [0.5, 0.6) is 11.5 Å². The summed E-state index contributed by atoms with van der Waals surface area (Å²) in [5, 5.41) is 50.3. The minimum Gasteiger partial charge on any atom is -0.493 e. The second-order valence-corrected chi connectivity index (χ2v) is 25.0. The lowest BCUT2D eigenvalue weighted by atomic mass is 9.82. The fourth-order valence-electron chi connectivity index (χ4n) is 9.81. The van der Waals surface area contributed by atoms with E-state index < -0.39 is 70.1 Å². The summed E-state index contributed by atoms with van der Waals surface area (Å²) < 4.78 is 121. The van der Waals surface area contributed by atoms with Crippen LogP contribution in [0, 0.1) is 0 Å². The molecular weight excluding hydrogens is 1150 g/mol. The number of alkyl halides is 6. The van der Waals surface area contributed by atoms with E-state index >= 15 is 0 Å². The molecule has 3 heterocycles. The van der Waals surface area contributed by atoms with Gasteiger partial charge in [0.1, 0.15) is 11.5 Å². The average molecular weight is 1230 g/mol. The topological polar surface area (TPSA) is 206 Å². The molecule has 0 spiro atoms. The molecule has 3 aliphatic rings. The van der Waals surface area contributed by atoms with Gasteiger partial charge in [0.2, 0.25) is 11.2 Å². The molecule has 0 bridgehead atoms. The van der Waals surface area contributed by atoms with Crippen LogP contribution in [0.15, 0.2) is 97.6 Å². The Kier molecular flexibility index (Phi) is 18.6. The Bertz CT molecular complexity index is 3440. The third-order valence-corrected chi connectivity index (χ3v) is 15.9. The van der Waals surface area contributed by atoms with Gasteiger partial charge in [0.15, 0.2) is 11.1 Å². The molecule has 2 atom stereocenters. The van der Waals surface area contributed by atoms with Crippen molar-refractivity contribution in [3.05, 3.63) is 125 Å². The van der Waals surface area contributed by atoms with E-state index in [2.05, 4.69) is 10.2 Å². The Hall–Kier alpha value is -6.47. The lowest BCUT2D eigenvalue weighted by Crippen LogP contribution is -2.41. The maximum absolute atomic E-state index is 14.5. The fraction of sp³-hybridized carbons (Fsp3) is 0.484. The van der Waals surface area contributed by atoms with Crippen LogP contribution in [0.25, 0.3) is 33.4 Å². The fourth-order valence-corrected chi connectivity index (χ4v) is 10.1. The van der Waals surface area contributed by atoms with Crippen LogP contribution in [0.4, 0.5) is 26.3 Å². The molecule has 1 aliphatic heterocycles. The Balaban J connectivity index is 0.000000193. The first-order valence-corrected chi connectivity index (χ1v) is 28.3. The standard InChI is InChI=1S/C28H31F3N2O5.C19H18ClF3O3.C15H25BN2O4/c1-6-37-24(34)26(4,5)33-16-17(15-32-33)20-13-18(38-12-11-25(2,3)35)14-22-23(20)19-9-7-8-10-21(19)27(22,36)28(29,30)31;1-17(2,24)7-8-26-11-9-14-16(15(20)10-11)12-5-3-4-6-13(12)18(14,25)19(21,22)23;1-8-20-12(19)13(2,3)18-10-11(9-17-18)16-21-14(4,5)15(6,7)22-16/h7-10,13-16,35-36H,6,11-12H2,1-5H3;3-6,9-10,24-25H,7-8H2,1-2H3;9-10H,8H2,1-7H3/t27-;18-;/m11./s1. The van der Waals surface area contributed by atoms with Crippen molar-refractivity contribution in [1.82, 2.24) is 19.6 Å². The normalized spacial score (nSPS) is 18.6. The molecular formula is C62H74BClF6N4O12. The second kappa shape index (κ2) is 23.9. The molecule has 0 unspecified atom stereocenters. The van der Waals surface area contributed by atoms with Gasteiger partial charge in [0.25, 0.3) is 0 Å². The van der Waals surface area contributed by atoms with Gasteiger partial charge in [-0.2, -0.15) is 36.5 Å². The number of nitrogens with zero attached hydrogens (tertiary/aromatic N) is 4. The SMILES string of the molecule is CC(C)(O)CCOc1cc(Cl)c2c(c1)[C@@](O)(C(F)(F)F)c1ccccc1-2.CCOC(=O)C(C)(C)n1cc(-c2cc(OCCC(C)(C)O)cc3c2-c2ccccc2[C@]3(O)C(F)(F)F)cn1.CCOC(=O)C(C)(C)n1cc(B2OC(C)(C)C(C)(C)O2)cn1. The Labute approximate surface area is 501 Å². The number of rotatable bonds is 16. The van der Waals surface area contributed by atoms with Crippen molar-refractivity contribution in [3.63, 3.8) is 0 Å². The van der Waals surface area contributed by atoms with Crippen LogP contribution in [0.1, 0.15) is 132 Å². The molecule has 9 rings (SSSR count). The predicted molar refractivity (Wildman–Crippen MR) is 311 cm³/mol. The molecule has 466 valence electrons. The van der Waals surface area contributed by atoms with Gasteiger partial charge in [0.05, 0.1) is 60.1 Å². The number of ether oxygens (including phenoxy) is 4. The van der Waals surface area contributed by atoms with Crippen LogP contribution in [-0.4, -0.2) is 120 Å². The van der Waals surface area contributed by atoms with Crippen molar-refractivity contribution >= 4 is 36.1 Å². The van der Waals surface area contributed by atoms with Gasteiger partial charge in [-0.25, -0.2) is 9.59 Å². The summed E-state index contributed by atoms with van der Waals surface area (Å²) >= 11 is 6.24. The molecule has 0 saturated carbocycles. The molecule has 86 heavy (non-hydrogen) atoms. The number of esters is 2. The van der Waals surface area contributed by atoms with E-state index in [-0.39, 0.29) is 99.7 Å². The lowest BCUT2D eigenvalue weighted by molar-refractivity contribution is -0.247. The molecule has 4 N–H and O–H groups in total. The third kappa shape index (κ3) is 13.1. The van der Waals surface area contributed by atoms with E-state index in [0.717, 1.165) is 5.46 Å². The molecule has 1 fully saturated rings. The van der Waals surface area contributed by atoms with E-state index in [1.807, 2.05) is 27.7 Å². The summed E-state index contributed by atoms with van der Waals surface area (Å²) in [7, 11) is -0.489. The minimum absolute atomic E-state index is 0.0360. The molecule has 2 aliphatic carbocycles. The third-order valence-electron chi connectivity index (χ3n) is 15.6. The first kappa shape index (κ1) is 67.0. The number of carbonyl (C=O) groups is 2.